The predicted molar refractivity (Wildman–Crippen MR) is 127 cm³/mol. The summed E-state index contributed by atoms with van der Waals surface area (Å²) in [5.74, 6) is 0.475. The van der Waals surface area contributed by atoms with E-state index in [0.29, 0.717) is 13.1 Å². The molecule has 0 unspecified atom stereocenters. The van der Waals surface area contributed by atoms with E-state index < -0.39 is 0 Å². The average molecular weight is 458 g/mol. The standard InChI is InChI=1S/C25H24FN7O/c26-20-3-1-2-17(10-20)13-33-23-5-4-21(11-19(23)12-28-33)30-25-24-18(6-9-32(24)29-16-27-25)14-31-8-7-22(34)15-31/h1-6,9-12,16,22,34H,7-8,13-15H2,(H,27,29,30)/t22-/m0/s1. The van der Waals surface area contributed by atoms with Gasteiger partial charge in [0.1, 0.15) is 17.7 Å². The Kier molecular flexibility index (Phi) is 5.20. The van der Waals surface area contributed by atoms with Crippen LogP contribution in [-0.2, 0) is 13.1 Å². The van der Waals surface area contributed by atoms with E-state index in [0.717, 1.165) is 58.6 Å². The fourth-order valence-electron chi connectivity index (χ4n) is 4.67. The molecule has 1 aliphatic rings. The van der Waals surface area contributed by atoms with Gasteiger partial charge >= 0.3 is 0 Å². The third kappa shape index (κ3) is 4.00. The Balaban J connectivity index is 1.27. The van der Waals surface area contributed by atoms with Crippen molar-refractivity contribution in [2.45, 2.75) is 25.6 Å². The molecule has 1 fully saturated rings. The van der Waals surface area contributed by atoms with Gasteiger partial charge in [-0.15, -0.1) is 0 Å². The molecule has 2 N–H and O–H groups in total. The van der Waals surface area contributed by atoms with E-state index in [4.69, 9.17) is 0 Å². The number of aliphatic hydroxyl groups is 1. The second kappa shape index (κ2) is 8.51. The van der Waals surface area contributed by atoms with Crippen LogP contribution >= 0.6 is 0 Å². The monoisotopic (exact) mass is 457 g/mol. The van der Waals surface area contributed by atoms with Crippen LogP contribution in [0.2, 0.25) is 0 Å². The molecule has 0 amide bonds. The van der Waals surface area contributed by atoms with Crippen molar-refractivity contribution in [3.8, 4) is 0 Å². The molecule has 0 radical (unpaired) electrons. The molecule has 4 heterocycles. The summed E-state index contributed by atoms with van der Waals surface area (Å²) in [6.07, 6.45) is 5.84. The summed E-state index contributed by atoms with van der Waals surface area (Å²) in [6, 6.07) is 14.7. The van der Waals surface area contributed by atoms with Crippen LogP contribution in [0.3, 0.4) is 0 Å². The number of benzene rings is 2. The zero-order valence-corrected chi connectivity index (χ0v) is 18.5. The molecule has 2 aromatic carbocycles. The molecule has 0 saturated carbocycles. The number of anilines is 2. The second-order valence-corrected chi connectivity index (χ2v) is 8.75. The number of likely N-dealkylation sites (tertiary alicyclic amines) is 1. The molecule has 8 nitrogen and oxygen atoms in total. The summed E-state index contributed by atoms with van der Waals surface area (Å²) in [5.41, 5.74) is 4.76. The lowest BCUT2D eigenvalue weighted by Gasteiger charge is -2.15. The first-order chi connectivity index (χ1) is 16.6. The lowest BCUT2D eigenvalue weighted by Crippen LogP contribution is -2.21. The van der Waals surface area contributed by atoms with Crippen molar-refractivity contribution in [2.75, 3.05) is 18.4 Å². The van der Waals surface area contributed by atoms with Crippen LogP contribution in [0.1, 0.15) is 17.5 Å². The first-order valence-electron chi connectivity index (χ1n) is 11.3. The smallest absolute Gasteiger partial charge is 0.158 e. The summed E-state index contributed by atoms with van der Waals surface area (Å²) < 4.78 is 17.2. The maximum absolute atomic E-state index is 13.6. The minimum Gasteiger partial charge on any atom is -0.392 e. The number of nitrogens with zero attached hydrogens (tertiary/aromatic N) is 6. The molecule has 0 spiro atoms. The summed E-state index contributed by atoms with van der Waals surface area (Å²) >= 11 is 0. The van der Waals surface area contributed by atoms with E-state index in [1.807, 2.05) is 45.9 Å². The topological polar surface area (TPSA) is 83.5 Å². The highest BCUT2D eigenvalue weighted by molar-refractivity contribution is 5.85. The number of aliphatic hydroxyl groups excluding tert-OH is 1. The highest BCUT2D eigenvalue weighted by Crippen LogP contribution is 2.27. The van der Waals surface area contributed by atoms with Crippen molar-refractivity contribution in [1.82, 2.24) is 29.3 Å². The van der Waals surface area contributed by atoms with Crippen LogP contribution in [0.4, 0.5) is 15.9 Å². The largest absolute Gasteiger partial charge is 0.392 e. The van der Waals surface area contributed by atoms with E-state index in [9.17, 15) is 9.50 Å². The lowest BCUT2D eigenvalue weighted by molar-refractivity contribution is 0.175. The van der Waals surface area contributed by atoms with Crippen molar-refractivity contribution >= 4 is 27.9 Å². The zero-order chi connectivity index (χ0) is 23.1. The van der Waals surface area contributed by atoms with Crippen molar-refractivity contribution in [2.24, 2.45) is 0 Å². The number of halogens is 1. The van der Waals surface area contributed by atoms with Crippen LogP contribution in [0.15, 0.2) is 67.3 Å². The average Bonchev–Trinajstić information content (AvgIpc) is 3.54. The van der Waals surface area contributed by atoms with Crippen molar-refractivity contribution < 1.29 is 9.50 Å². The third-order valence-corrected chi connectivity index (χ3v) is 6.30. The normalized spacial score (nSPS) is 16.6. The molecule has 3 aromatic heterocycles. The number of hydrogen-bond donors (Lipinski definition) is 2. The summed E-state index contributed by atoms with van der Waals surface area (Å²) in [6.45, 7) is 2.80. The van der Waals surface area contributed by atoms with Gasteiger partial charge in [-0.25, -0.2) is 13.9 Å². The van der Waals surface area contributed by atoms with E-state index in [1.165, 1.54) is 18.5 Å². The number of hydrogen-bond acceptors (Lipinski definition) is 6. The van der Waals surface area contributed by atoms with Gasteiger partial charge in [0.05, 0.1) is 24.4 Å². The van der Waals surface area contributed by atoms with Crippen LogP contribution in [0, 0.1) is 5.82 Å². The Morgan fingerprint density at radius 3 is 2.88 bits per heavy atom. The zero-order valence-electron chi connectivity index (χ0n) is 18.5. The van der Waals surface area contributed by atoms with Gasteiger partial charge in [0.15, 0.2) is 5.82 Å². The van der Waals surface area contributed by atoms with Crippen molar-refractivity contribution in [3.63, 3.8) is 0 Å². The van der Waals surface area contributed by atoms with Crippen LogP contribution in [0.5, 0.6) is 0 Å². The fraction of sp³-hybridized carbons (Fsp3) is 0.240. The Morgan fingerprint density at radius 1 is 1.09 bits per heavy atom. The van der Waals surface area contributed by atoms with Gasteiger partial charge in [0, 0.05) is 36.9 Å². The maximum atomic E-state index is 13.6. The molecule has 172 valence electrons. The van der Waals surface area contributed by atoms with Crippen LogP contribution in [0.25, 0.3) is 16.4 Å². The number of fused-ring (bicyclic) bond motifs is 2. The van der Waals surface area contributed by atoms with Gasteiger partial charge in [-0.3, -0.25) is 9.58 Å². The third-order valence-electron chi connectivity index (χ3n) is 6.30. The van der Waals surface area contributed by atoms with E-state index in [-0.39, 0.29) is 11.9 Å². The van der Waals surface area contributed by atoms with Gasteiger partial charge in [-0.2, -0.15) is 10.2 Å². The quantitative estimate of drug-likeness (QED) is 0.406. The van der Waals surface area contributed by atoms with Gasteiger partial charge in [-0.1, -0.05) is 12.1 Å². The Labute approximate surface area is 195 Å². The number of rotatable bonds is 6. The molecule has 1 aliphatic heterocycles. The molecule has 6 rings (SSSR count). The number of aromatic nitrogens is 5. The minimum atomic E-state index is -0.253. The molecule has 0 aliphatic carbocycles. The summed E-state index contributed by atoms with van der Waals surface area (Å²) in [4.78, 5) is 6.75. The Hall–Kier alpha value is -3.82. The lowest BCUT2D eigenvalue weighted by atomic mass is 10.2. The SMILES string of the molecule is O[C@H]1CCN(Cc2ccn3ncnc(Nc4ccc5c(cnn5Cc5cccc(F)c5)c4)c23)C1. The van der Waals surface area contributed by atoms with Gasteiger partial charge in [-0.05, 0) is 53.9 Å². The molecular weight excluding hydrogens is 433 g/mol. The molecule has 0 bridgehead atoms. The highest BCUT2D eigenvalue weighted by atomic mass is 19.1. The van der Waals surface area contributed by atoms with Crippen LogP contribution < -0.4 is 5.32 Å². The molecule has 34 heavy (non-hydrogen) atoms. The molecule has 9 heteroatoms. The van der Waals surface area contributed by atoms with Gasteiger partial charge < -0.3 is 10.4 Å². The summed E-state index contributed by atoms with van der Waals surface area (Å²) in [5, 5.41) is 23.1. The van der Waals surface area contributed by atoms with E-state index in [1.54, 1.807) is 6.07 Å². The van der Waals surface area contributed by atoms with Gasteiger partial charge in [0.2, 0.25) is 0 Å². The first kappa shape index (κ1) is 20.8. The first-order valence-corrected chi connectivity index (χ1v) is 11.3. The fourth-order valence-corrected chi connectivity index (χ4v) is 4.67. The minimum absolute atomic E-state index is 0.248. The second-order valence-electron chi connectivity index (χ2n) is 8.75. The van der Waals surface area contributed by atoms with E-state index >= 15 is 0 Å². The van der Waals surface area contributed by atoms with Crippen molar-refractivity contribution in [1.29, 1.82) is 0 Å². The maximum Gasteiger partial charge on any atom is 0.158 e. The predicted octanol–water partition coefficient (Wildman–Crippen LogP) is 3.58. The number of nitrogens with one attached hydrogen (secondary N) is 1. The van der Waals surface area contributed by atoms with Crippen LogP contribution in [-0.4, -0.2) is 53.6 Å². The summed E-state index contributed by atoms with van der Waals surface area (Å²) in [7, 11) is 0. The highest BCUT2D eigenvalue weighted by Gasteiger charge is 2.22. The Morgan fingerprint density at radius 2 is 2.03 bits per heavy atom. The molecular formula is C25H24FN7O. The van der Waals surface area contributed by atoms with Gasteiger partial charge in [0.25, 0.3) is 0 Å². The molecule has 1 atom stereocenters. The molecule has 5 aromatic rings. The Bertz CT molecular complexity index is 1480. The van der Waals surface area contributed by atoms with Crippen molar-refractivity contribution in [3.05, 3.63) is 84.2 Å². The number of β-amino-alcohol motifs (C(OH)–C–C–N with tert-alkyl or cyclic N) is 1. The van der Waals surface area contributed by atoms with E-state index in [2.05, 4.69) is 31.5 Å². The molecule has 1 saturated heterocycles.